The van der Waals surface area contributed by atoms with Crippen LogP contribution >= 0.6 is 0 Å². The number of aryl methyl sites for hydroxylation is 2. The van der Waals surface area contributed by atoms with Gasteiger partial charge in [-0.3, -0.25) is 0 Å². The highest BCUT2D eigenvalue weighted by atomic mass is 16.5. The van der Waals surface area contributed by atoms with Gasteiger partial charge in [-0.2, -0.15) is 0 Å². The van der Waals surface area contributed by atoms with Gasteiger partial charge < -0.3 is 15.2 Å². The average Bonchev–Trinajstić information content (AvgIpc) is 3.14. The molecule has 0 radical (unpaired) electrons. The highest BCUT2D eigenvalue weighted by Crippen LogP contribution is 2.39. The van der Waals surface area contributed by atoms with Crippen LogP contribution in [-0.2, 0) is 0 Å². The van der Waals surface area contributed by atoms with Gasteiger partial charge in [-0.05, 0) is 62.9 Å². The molecule has 0 aromatic heterocycles. The maximum Gasteiger partial charge on any atom is 0.119 e. The van der Waals surface area contributed by atoms with Crippen molar-refractivity contribution in [1.29, 1.82) is 0 Å². The minimum Gasteiger partial charge on any atom is -0.492 e. The molecule has 0 amide bonds. The second-order valence-electron chi connectivity index (χ2n) is 5.45. The van der Waals surface area contributed by atoms with E-state index in [-0.39, 0.29) is 12.1 Å². The number of likely N-dealkylation sites (N-methyl/N-ethyl adjacent to an activating group) is 1. The van der Waals surface area contributed by atoms with E-state index >= 15 is 0 Å². The van der Waals surface area contributed by atoms with Crippen molar-refractivity contribution in [2.75, 3.05) is 20.3 Å². The average molecular weight is 249 g/mol. The van der Waals surface area contributed by atoms with Crippen LogP contribution in [0.3, 0.4) is 0 Å². The molecule has 1 aliphatic carbocycles. The van der Waals surface area contributed by atoms with Gasteiger partial charge in [0.25, 0.3) is 0 Å². The van der Waals surface area contributed by atoms with Gasteiger partial charge in [0, 0.05) is 0 Å². The zero-order valence-electron chi connectivity index (χ0n) is 11.5. The molecule has 0 heterocycles. The maximum atomic E-state index is 9.63. The molecule has 1 aliphatic rings. The molecule has 3 nitrogen and oxygen atoms in total. The molecule has 2 rings (SSSR count). The highest BCUT2D eigenvalue weighted by molar-refractivity contribution is 5.33. The Hall–Kier alpha value is -1.06. The van der Waals surface area contributed by atoms with Crippen LogP contribution in [0.25, 0.3) is 0 Å². The van der Waals surface area contributed by atoms with Crippen molar-refractivity contribution in [3.63, 3.8) is 0 Å². The Labute approximate surface area is 109 Å². The molecule has 100 valence electrons. The van der Waals surface area contributed by atoms with Gasteiger partial charge >= 0.3 is 0 Å². The first-order valence-electron chi connectivity index (χ1n) is 6.60. The van der Waals surface area contributed by atoms with Crippen LogP contribution < -0.4 is 10.1 Å². The summed E-state index contributed by atoms with van der Waals surface area (Å²) in [7, 11) is 1.90. The molecule has 18 heavy (non-hydrogen) atoms. The molecular weight excluding hydrogens is 226 g/mol. The Balaban J connectivity index is 2.05. The summed E-state index contributed by atoms with van der Waals surface area (Å²) in [5.74, 6) is 1.43. The van der Waals surface area contributed by atoms with E-state index in [1.54, 1.807) is 0 Å². The molecule has 1 unspecified atom stereocenters. The van der Waals surface area contributed by atoms with Crippen molar-refractivity contribution in [1.82, 2.24) is 5.32 Å². The first kappa shape index (κ1) is 13.4. The number of hydrogen-bond acceptors (Lipinski definition) is 3. The van der Waals surface area contributed by atoms with Crippen LogP contribution in [0.4, 0.5) is 0 Å². The Kier molecular flexibility index (Phi) is 3.93. The number of rotatable bonds is 6. The number of nitrogens with one attached hydrogen (secondary N) is 1. The molecule has 0 saturated heterocycles. The third kappa shape index (κ3) is 2.85. The quantitative estimate of drug-likeness (QED) is 0.810. The Morgan fingerprint density at radius 2 is 1.89 bits per heavy atom. The van der Waals surface area contributed by atoms with E-state index in [9.17, 15) is 5.11 Å². The van der Waals surface area contributed by atoms with E-state index in [0.29, 0.717) is 12.5 Å². The lowest BCUT2D eigenvalue weighted by molar-refractivity contribution is 0.0914. The minimum atomic E-state index is -0.280. The summed E-state index contributed by atoms with van der Waals surface area (Å²) in [4.78, 5) is 0. The number of aliphatic hydroxyl groups is 1. The van der Waals surface area contributed by atoms with E-state index < -0.39 is 0 Å². The summed E-state index contributed by atoms with van der Waals surface area (Å²) >= 11 is 0. The van der Waals surface area contributed by atoms with Crippen molar-refractivity contribution >= 4 is 0 Å². The Morgan fingerprint density at radius 1 is 1.28 bits per heavy atom. The zero-order chi connectivity index (χ0) is 13.2. The molecule has 0 aliphatic heterocycles. The van der Waals surface area contributed by atoms with Crippen LogP contribution in [-0.4, -0.2) is 30.9 Å². The molecule has 1 aromatic rings. The van der Waals surface area contributed by atoms with Gasteiger partial charge in [-0.25, -0.2) is 0 Å². The van der Waals surface area contributed by atoms with Crippen molar-refractivity contribution < 1.29 is 9.84 Å². The lowest BCUT2D eigenvalue weighted by Crippen LogP contribution is -2.53. The molecule has 1 atom stereocenters. The van der Waals surface area contributed by atoms with Crippen molar-refractivity contribution in [3.8, 4) is 5.75 Å². The van der Waals surface area contributed by atoms with Gasteiger partial charge in [-0.1, -0.05) is 6.07 Å². The van der Waals surface area contributed by atoms with Crippen LogP contribution in [0.2, 0.25) is 0 Å². The van der Waals surface area contributed by atoms with Crippen molar-refractivity contribution in [2.24, 2.45) is 5.92 Å². The maximum absolute atomic E-state index is 9.63. The molecule has 1 aromatic carbocycles. The van der Waals surface area contributed by atoms with Crippen molar-refractivity contribution in [3.05, 3.63) is 29.3 Å². The Morgan fingerprint density at radius 3 is 2.33 bits per heavy atom. The molecule has 1 fully saturated rings. The standard InChI is InChI=1S/C15H23NO2/c1-11-6-12(2)8-14(7-11)18-10-15(9-17,16-3)13-4-5-13/h6-8,13,16-17H,4-5,9-10H2,1-3H3. The van der Waals surface area contributed by atoms with E-state index in [1.807, 2.05) is 19.2 Å². The molecule has 0 bridgehead atoms. The van der Waals surface area contributed by atoms with E-state index in [1.165, 1.54) is 24.0 Å². The van der Waals surface area contributed by atoms with Crippen LogP contribution in [0.1, 0.15) is 24.0 Å². The predicted molar refractivity (Wildman–Crippen MR) is 73.0 cm³/mol. The SMILES string of the molecule is CNC(CO)(COc1cc(C)cc(C)c1)C1CC1. The van der Waals surface area contributed by atoms with Crippen LogP contribution in [0.5, 0.6) is 5.75 Å². The normalized spacial score (nSPS) is 18.4. The second kappa shape index (κ2) is 5.29. The third-order valence-corrected chi connectivity index (χ3v) is 3.83. The predicted octanol–water partition coefficient (Wildman–Crippen LogP) is 2.04. The molecule has 0 spiro atoms. The molecule has 1 saturated carbocycles. The number of benzene rings is 1. The summed E-state index contributed by atoms with van der Waals surface area (Å²) in [6.07, 6.45) is 2.36. The van der Waals surface area contributed by atoms with Gasteiger partial charge in [0.2, 0.25) is 0 Å². The Bertz CT molecular complexity index is 389. The summed E-state index contributed by atoms with van der Waals surface area (Å²) < 4.78 is 5.89. The van der Waals surface area contributed by atoms with Crippen molar-refractivity contribution in [2.45, 2.75) is 32.2 Å². The first-order chi connectivity index (χ1) is 8.59. The number of hydrogen-bond donors (Lipinski definition) is 2. The summed E-state index contributed by atoms with van der Waals surface area (Å²) in [6.45, 7) is 4.78. The van der Waals surface area contributed by atoms with Gasteiger partial charge in [0.1, 0.15) is 12.4 Å². The largest absolute Gasteiger partial charge is 0.492 e. The van der Waals surface area contributed by atoms with E-state index in [4.69, 9.17) is 4.74 Å². The topological polar surface area (TPSA) is 41.5 Å². The van der Waals surface area contributed by atoms with Gasteiger partial charge in [0.15, 0.2) is 0 Å². The fourth-order valence-electron chi connectivity index (χ4n) is 2.51. The highest BCUT2D eigenvalue weighted by Gasteiger charge is 2.44. The van der Waals surface area contributed by atoms with E-state index in [0.717, 1.165) is 5.75 Å². The summed E-state index contributed by atoms with van der Waals surface area (Å²) in [6, 6.07) is 6.21. The van der Waals surface area contributed by atoms with E-state index in [2.05, 4.69) is 25.2 Å². The van der Waals surface area contributed by atoms with Gasteiger partial charge in [0.05, 0.1) is 12.1 Å². The lowest BCUT2D eigenvalue weighted by atomic mass is 9.95. The molecule has 3 heteroatoms. The van der Waals surface area contributed by atoms with Crippen LogP contribution in [0, 0.1) is 19.8 Å². The fraction of sp³-hybridized carbons (Fsp3) is 0.600. The fourth-order valence-corrected chi connectivity index (χ4v) is 2.51. The number of aliphatic hydroxyl groups excluding tert-OH is 1. The third-order valence-electron chi connectivity index (χ3n) is 3.83. The molecular formula is C15H23NO2. The van der Waals surface area contributed by atoms with Crippen LogP contribution in [0.15, 0.2) is 18.2 Å². The second-order valence-corrected chi connectivity index (χ2v) is 5.45. The van der Waals surface area contributed by atoms with Gasteiger partial charge in [-0.15, -0.1) is 0 Å². The zero-order valence-corrected chi connectivity index (χ0v) is 11.5. The smallest absolute Gasteiger partial charge is 0.119 e. The minimum absolute atomic E-state index is 0.124. The summed E-state index contributed by atoms with van der Waals surface area (Å²) in [5.41, 5.74) is 2.13. The lowest BCUT2D eigenvalue weighted by Gasteiger charge is -2.31. The monoisotopic (exact) mass is 249 g/mol. The molecule has 2 N–H and O–H groups in total. The number of ether oxygens (including phenoxy) is 1. The summed E-state index contributed by atoms with van der Waals surface area (Å²) in [5, 5.41) is 12.9. The first-order valence-corrected chi connectivity index (χ1v) is 6.60.